The monoisotopic (exact) mass is 478 g/mol. The molecule has 0 amide bonds. The van der Waals surface area contributed by atoms with Crippen LogP contribution in [0.3, 0.4) is 0 Å². The molecule has 0 aromatic heterocycles. The van der Waals surface area contributed by atoms with Crippen LogP contribution >= 0.6 is 0 Å². The van der Waals surface area contributed by atoms with Gasteiger partial charge in [0, 0.05) is 12.8 Å². The minimum Gasteiger partial charge on any atom is -0.299 e. The molecule has 2 saturated carbocycles. The van der Waals surface area contributed by atoms with E-state index in [1.165, 1.54) is 54.4 Å². The molecule has 0 aliphatic heterocycles. The predicted molar refractivity (Wildman–Crippen MR) is 151 cm³/mol. The minimum atomic E-state index is 0.227. The van der Waals surface area contributed by atoms with Gasteiger partial charge in [0.2, 0.25) is 0 Å². The van der Waals surface area contributed by atoms with Gasteiger partial charge in [-0.3, -0.25) is 4.79 Å². The molecule has 3 aliphatic rings. The van der Waals surface area contributed by atoms with E-state index in [2.05, 4.69) is 93.3 Å². The van der Waals surface area contributed by atoms with Crippen molar-refractivity contribution in [3.63, 3.8) is 0 Å². The number of carbonyl (C=O) groups is 1. The van der Waals surface area contributed by atoms with Gasteiger partial charge in [0.1, 0.15) is 5.78 Å². The summed E-state index contributed by atoms with van der Waals surface area (Å²) in [6.45, 7) is 9.32. The van der Waals surface area contributed by atoms with E-state index >= 15 is 0 Å². The Balaban J connectivity index is 1.12. The summed E-state index contributed by atoms with van der Waals surface area (Å²) in [5.74, 6) is 3.09. The average molecular weight is 479 g/mol. The summed E-state index contributed by atoms with van der Waals surface area (Å²) < 4.78 is 0. The van der Waals surface area contributed by atoms with E-state index in [4.69, 9.17) is 0 Å². The summed E-state index contributed by atoms with van der Waals surface area (Å²) >= 11 is 0. The molecule has 0 heterocycles. The zero-order valence-corrected chi connectivity index (χ0v) is 22.2. The fourth-order valence-corrected chi connectivity index (χ4v) is 6.78. The van der Waals surface area contributed by atoms with E-state index in [9.17, 15) is 4.79 Å². The molecule has 0 radical (unpaired) electrons. The number of carbonyl (C=O) groups excluding carboxylic acids is 1. The van der Waals surface area contributed by atoms with E-state index in [-0.39, 0.29) is 5.41 Å². The summed E-state index contributed by atoms with van der Waals surface area (Å²) in [5, 5.41) is 0. The third kappa shape index (κ3) is 5.66. The summed E-state index contributed by atoms with van der Waals surface area (Å²) in [6.07, 6.45) is 16.5. The molecule has 2 aromatic carbocycles. The maximum absolute atomic E-state index is 13.1. The first-order valence-corrected chi connectivity index (χ1v) is 14.2. The first-order chi connectivity index (χ1) is 17.4. The third-order valence-corrected chi connectivity index (χ3v) is 9.44. The number of fused-ring (bicyclic) bond motifs is 1. The van der Waals surface area contributed by atoms with Crippen LogP contribution in [-0.4, -0.2) is 5.78 Å². The highest BCUT2D eigenvalue weighted by Gasteiger charge is 2.44. The van der Waals surface area contributed by atoms with E-state index in [0.717, 1.165) is 36.7 Å². The van der Waals surface area contributed by atoms with Gasteiger partial charge >= 0.3 is 0 Å². The molecule has 36 heavy (non-hydrogen) atoms. The van der Waals surface area contributed by atoms with Crippen molar-refractivity contribution in [1.82, 2.24) is 0 Å². The lowest BCUT2D eigenvalue weighted by molar-refractivity contribution is -0.119. The van der Waals surface area contributed by atoms with Crippen LogP contribution in [0.2, 0.25) is 0 Å². The minimum absolute atomic E-state index is 0.227. The number of ketones is 1. The van der Waals surface area contributed by atoms with E-state index in [0.29, 0.717) is 24.0 Å². The standard InChI is InChI=1S/C35H42O/c1-4-29(23-32(36)22-28-15-13-27(14-16-28)21-26-9-6-5-7-10-26)30-17-19-35(3,20-18-30)25(2)33-12-8-11-31-24-34(31)33/h5-16,29-31,34H,2,4,17-24H2,1,3H3. The summed E-state index contributed by atoms with van der Waals surface area (Å²) in [7, 11) is 0. The number of benzene rings is 2. The zero-order chi connectivity index (χ0) is 25.1. The Morgan fingerprint density at radius 3 is 2.36 bits per heavy atom. The number of hydrogen-bond donors (Lipinski definition) is 0. The van der Waals surface area contributed by atoms with Crippen molar-refractivity contribution in [2.75, 3.05) is 0 Å². The van der Waals surface area contributed by atoms with Gasteiger partial charge < -0.3 is 0 Å². The van der Waals surface area contributed by atoms with Gasteiger partial charge in [-0.15, -0.1) is 0 Å². The Kier molecular flexibility index (Phi) is 7.47. The Labute approximate surface area is 218 Å². The van der Waals surface area contributed by atoms with Crippen LogP contribution in [0.25, 0.3) is 0 Å². The quantitative estimate of drug-likeness (QED) is 0.334. The maximum Gasteiger partial charge on any atom is 0.137 e. The van der Waals surface area contributed by atoms with Gasteiger partial charge in [0.25, 0.3) is 0 Å². The molecule has 188 valence electrons. The predicted octanol–water partition coefficient (Wildman–Crippen LogP) is 8.69. The fourth-order valence-electron chi connectivity index (χ4n) is 6.78. The van der Waals surface area contributed by atoms with Gasteiger partial charge in [0.15, 0.2) is 0 Å². The lowest BCUT2D eigenvalue weighted by Gasteiger charge is -2.42. The van der Waals surface area contributed by atoms with Gasteiger partial charge in [-0.1, -0.05) is 99.7 Å². The first-order valence-electron chi connectivity index (χ1n) is 14.2. The molecule has 3 unspecified atom stereocenters. The Bertz CT molecular complexity index is 1120. The lowest BCUT2D eigenvalue weighted by Crippen LogP contribution is -2.31. The number of rotatable bonds is 10. The van der Waals surface area contributed by atoms with Crippen molar-refractivity contribution in [3.05, 3.63) is 107 Å². The number of Topliss-reactive ketones (excluding diaryl/α,β-unsaturated/α-hetero) is 1. The van der Waals surface area contributed by atoms with Crippen molar-refractivity contribution in [1.29, 1.82) is 0 Å². The van der Waals surface area contributed by atoms with Crippen LogP contribution in [0.1, 0.15) is 75.5 Å². The second-order valence-electron chi connectivity index (χ2n) is 12.0. The average Bonchev–Trinajstić information content (AvgIpc) is 3.69. The molecular weight excluding hydrogens is 436 g/mol. The van der Waals surface area contributed by atoms with E-state index < -0.39 is 0 Å². The van der Waals surface area contributed by atoms with Crippen LogP contribution in [0.5, 0.6) is 0 Å². The molecule has 0 saturated heterocycles. The van der Waals surface area contributed by atoms with Crippen LogP contribution in [0.15, 0.2) is 90.6 Å². The van der Waals surface area contributed by atoms with Gasteiger partial charge in [-0.25, -0.2) is 0 Å². The number of allylic oxidation sites excluding steroid dienone is 5. The molecule has 0 bridgehead atoms. The summed E-state index contributed by atoms with van der Waals surface area (Å²) in [5.41, 5.74) is 6.92. The van der Waals surface area contributed by atoms with Gasteiger partial charge in [-0.05, 0) is 95.4 Å². The molecule has 0 N–H and O–H groups in total. The molecule has 1 heteroatoms. The summed E-state index contributed by atoms with van der Waals surface area (Å²) in [4.78, 5) is 13.1. The van der Waals surface area contributed by atoms with E-state index in [1.807, 2.05) is 0 Å². The second kappa shape index (κ2) is 10.8. The van der Waals surface area contributed by atoms with Crippen LogP contribution in [-0.2, 0) is 17.6 Å². The second-order valence-corrected chi connectivity index (χ2v) is 12.0. The van der Waals surface area contributed by atoms with Crippen molar-refractivity contribution in [3.8, 4) is 0 Å². The molecule has 3 atom stereocenters. The molecule has 2 fully saturated rings. The molecule has 5 rings (SSSR count). The van der Waals surface area contributed by atoms with Crippen LogP contribution in [0, 0.1) is 29.1 Å². The van der Waals surface area contributed by atoms with Crippen LogP contribution < -0.4 is 0 Å². The highest BCUT2D eigenvalue weighted by Crippen LogP contribution is 2.55. The third-order valence-electron chi connectivity index (χ3n) is 9.44. The largest absolute Gasteiger partial charge is 0.299 e. The van der Waals surface area contributed by atoms with Crippen molar-refractivity contribution >= 4 is 5.78 Å². The smallest absolute Gasteiger partial charge is 0.137 e. The van der Waals surface area contributed by atoms with Gasteiger partial charge in [0.05, 0.1) is 0 Å². The van der Waals surface area contributed by atoms with Crippen molar-refractivity contribution in [2.45, 2.75) is 71.6 Å². The Hall–Kier alpha value is -2.67. The maximum atomic E-state index is 13.1. The highest BCUT2D eigenvalue weighted by molar-refractivity contribution is 5.81. The zero-order valence-electron chi connectivity index (χ0n) is 22.2. The Morgan fingerprint density at radius 1 is 1.00 bits per heavy atom. The molecule has 0 spiro atoms. The fraction of sp³-hybridized carbons (Fsp3) is 0.457. The number of hydrogen-bond acceptors (Lipinski definition) is 1. The first kappa shape index (κ1) is 25.0. The Morgan fingerprint density at radius 2 is 1.67 bits per heavy atom. The molecule has 2 aromatic rings. The molecule has 1 nitrogen and oxygen atoms in total. The van der Waals surface area contributed by atoms with Crippen LogP contribution in [0.4, 0.5) is 0 Å². The van der Waals surface area contributed by atoms with Crippen molar-refractivity contribution < 1.29 is 4.79 Å². The summed E-state index contributed by atoms with van der Waals surface area (Å²) in [6, 6.07) is 19.2. The molecule has 3 aliphatic carbocycles. The SMILES string of the molecule is C=C(C1=CC=CC2CC12)C1(C)CCC(C(CC)CC(=O)Cc2ccc(Cc3ccccc3)cc2)CC1. The lowest BCUT2D eigenvalue weighted by atomic mass is 9.63. The highest BCUT2D eigenvalue weighted by atomic mass is 16.1. The molecular formula is C35H42O. The van der Waals surface area contributed by atoms with E-state index in [1.54, 1.807) is 0 Å². The normalized spacial score (nSPS) is 27.6. The topological polar surface area (TPSA) is 17.1 Å². The van der Waals surface area contributed by atoms with Crippen molar-refractivity contribution in [2.24, 2.45) is 29.1 Å². The van der Waals surface area contributed by atoms with Gasteiger partial charge in [-0.2, -0.15) is 0 Å².